The predicted molar refractivity (Wildman–Crippen MR) is 45.5 cm³/mol. The van der Waals surface area contributed by atoms with Gasteiger partial charge in [-0.05, 0) is 0 Å². The molecule has 76 valence electrons. The molecule has 0 aromatic rings. The van der Waals surface area contributed by atoms with E-state index in [0.29, 0.717) is 0 Å². The zero-order valence-electron chi connectivity index (χ0n) is 7.42. The molecule has 0 fully saturated rings. The minimum Gasteiger partial charge on any atom is -0.324 e. The Labute approximate surface area is 71.6 Å². The summed E-state index contributed by atoms with van der Waals surface area (Å²) >= 11 is 0. The summed E-state index contributed by atoms with van der Waals surface area (Å²) in [6, 6.07) is 0. The third-order valence-corrected chi connectivity index (χ3v) is 2.03. The van der Waals surface area contributed by atoms with Crippen molar-refractivity contribution in [3.63, 3.8) is 0 Å². The summed E-state index contributed by atoms with van der Waals surface area (Å²) in [5, 5.41) is 0. The molecule has 0 radical (unpaired) electrons. The highest BCUT2D eigenvalue weighted by atomic mass is 31.2. The van der Waals surface area contributed by atoms with Crippen LogP contribution in [-0.2, 0) is 18.2 Å². The summed E-state index contributed by atoms with van der Waals surface area (Å²) in [5.41, 5.74) is 0. The van der Waals surface area contributed by atoms with Gasteiger partial charge in [0.1, 0.15) is 0 Å². The van der Waals surface area contributed by atoms with Crippen molar-refractivity contribution in [2.45, 2.75) is 0 Å². The average molecular weight is 220 g/mol. The topological polar surface area (TPSA) is 93.1 Å². The lowest BCUT2D eigenvalue weighted by molar-refractivity contribution is 0.321. The van der Waals surface area contributed by atoms with E-state index in [4.69, 9.17) is 9.79 Å². The summed E-state index contributed by atoms with van der Waals surface area (Å²) in [5.74, 6) is 0. The fourth-order valence-corrected chi connectivity index (χ4v) is 0. The van der Waals surface area contributed by atoms with E-state index >= 15 is 0 Å². The van der Waals surface area contributed by atoms with Gasteiger partial charge in [0, 0.05) is 27.5 Å². The molecule has 6 nitrogen and oxygen atoms in total. The van der Waals surface area contributed by atoms with Crippen molar-refractivity contribution >= 4 is 15.2 Å². The lowest BCUT2D eigenvalue weighted by atomic mass is 11.8. The van der Waals surface area contributed by atoms with Crippen molar-refractivity contribution in [2.24, 2.45) is 0 Å². The maximum atomic E-state index is 9.92. The molecule has 0 aliphatic heterocycles. The van der Waals surface area contributed by atoms with Gasteiger partial charge in [0.2, 0.25) is 0 Å². The van der Waals surface area contributed by atoms with Gasteiger partial charge in [-0.25, -0.2) is 0 Å². The smallest absolute Gasteiger partial charge is 0.324 e. The second-order valence-corrected chi connectivity index (χ2v) is 5.91. The summed E-state index contributed by atoms with van der Waals surface area (Å²) in [7, 11) is -3.90. The van der Waals surface area contributed by atoms with E-state index in [1.807, 2.05) is 0 Å². The molecule has 0 saturated heterocycles. The van der Waals surface area contributed by atoms with Gasteiger partial charge in [-0.2, -0.15) is 0 Å². The highest BCUT2D eigenvalue weighted by molar-refractivity contribution is 7.52. The van der Waals surface area contributed by atoms with Gasteiger partial charge >= 0.3 is 15.2 Å². The van der Waals surface area contributed by atoms with Crippen LogP contribution < -0.4 is 0 Å². The van der Waals surface area contributed by atoms with Crippen molar-refractivity contribution in [3.05, 3.63) is 0 Å². The minimum absolute atomic E-state index is 1.13. The second-order valence-electron chi connectivity index (χ2n) is 1.97. The Morgan fingerprint density at radius 3 is 1.00 bits per heavy atom. The molecule has 12 heavy (non-hydrogen) atoms. The van der Waals surface area contributed by atoms with Crippen LogP contribution in [0.15, 0.2) is 0 Å². The molecule has 0 aromatic carbocycles. The maximum absolute atomic E-state index is 9.92. The van der Waals surface area contributed by atoms with E-state index in [9.17, 15) is 9.13 Å². The highest BCUT2D eigenvalue weighted by Gasteiger charge is 2.03. The molecule has 0 saturated carbocycles. The zero-order valence-corrected chi connectivity index (χ0v) is 9.21. The largest absolute Gasteiger partial charge is 0.324 e. The molecule has 0 bridgehead atoms. The van der Waals surface area contributed by atoms with Crippen molar-refractivity contribution in [1.29, 1.82) is 0 Å². The molecule has 0 rings (SSSR count). The van der Waals surface area contributed by atoms with E-state index in [1.54, 1.807) is 0 Å². The van der Waals surface area contributed by atoms with Crippen molar-refractivity contribution in [3.8, 4) is 0 Å². The molecular formula is C4H14O6P2. The van der Waals surface area contributed by atoms with Crippen molar-refractivity contribution in [1.82, 2.24) is 0 Å². The lowest BCUT2D eigenvalue weighted by Gasteiger charge is -1.96. The fourth-order valence-electron chi connectivity index (χ4n) is 0. The molecular weight excluding hydrogens is 206 g/mol. The standard InChI is InChI=1S/2C2H7O3P/c2*1-5-6(2,3)4/h2*1-2H3,(H,3,4). The Bertz CT molecular complexity index is 168. The van der Waals surface area contributed by atoms with E-state index in [-0.39, 0.29) is 0 Å². The summed E-state index contributed by atoms with van der Waals surface area (Å²) in [6.07, 6.45) is 0. The van der Waals surface area contributed by atoms with Crippen LogP contribution >= 0.6 is 15.2 Å². The van der Waals surface area contributed by atoms with Crippen LogP contribution in [0.4, 0.5) is 0 Å². The Balaban J connectivity index is 0. The van der Waals surface area contributed by atoms with Gasteiger partial charge in [0.15, 0.2) is 0 Å². The third kappa shape index (κ3) is 22.4. The van der Waals surface area contributed by atoms with Gasteiger partial charge in [-0.15, -0.1) is 0 Å². The Hall–Kier alpha value is 0.300. The van der Waals surface area contributed by atoms with Gasteiger partial charge in [-0.1, -0.05) is 0 Å². The van der Waals surface area contributed by atoms with Crippen LogP contribution in [0.1, 0.15) is 0 Å². The first kappa shape index (κ1) is 14.8. The molecule has 0 aromatic heterocycles. The molecule has 2 atom stereocenters. The molecule has 0 amide bonds. The molecule has 0 aliphatic carbocycles. The maximum Gasteiger partial charge on any atom is 0.324 e. The second kappa shape index (κ2) is 5.86. The average Bonchev–Trinajstić information content (AvgIpc) is 1.86. The fraction of sp³-hybridized carbons (Fsp3) is 1.00. The van der Waals surface area contributed by atoms with Crippen LogP contribution in [0.5, 0.6) is 0 Å². The first-order valence-electron chi connectivity index (χ1n) is 2.84. The Morgan fingerprint density at radius 1 is 0.917 bits per heavy atom. The van der Waals surface area contributed by atoms with Crippen LogP contribution in [-0.4, -0.2) is 37.3 Å². The van der Waals surface area contributed by atoms with Gasteiger partial charge in [-0.3, -0.25) is 9.13 Å². The molecule has 0 heterocycles. The molecule has 2 unspecified atom stereocenters. The summed E-state index contributed by atoms with van der Waals surface area (Å²) < 4.78 is 27.9. The SMILES string of the molecule is COP(C)(=O)O.COP(C)(=O)O. The van der Waals surface area contributed by atoms with Gasteiger partial charge in [0.25, 0.3) is 0 Å². The number of hydrogen-bond donors (Lipinski definition) is 2. The van der Waals surface area contributed by atoms with Gasteiger partial charge < -0.3 is 18.8 Å². The zero-order chi connectivity index (χ0) is 10.4. The first-order chi connectivity index (χ1) is 5.12. The molecule has 0 spiro atoms. The van der Waals surface area contributed by atoms with Gasteiger partial charge in [0.05, 0.1) is 0 Å². The van der Waals surface area contributed by atoms with E-state index in [0.717, 1.165) is 13.3 Å². The first-order valence-corrected chi connectivity index (χ1v) is 6.89. The Kier molecular flexibility index (Phi) is 7.23. The Morgan fingerprint density at radius 2 is 1.00 bits per heavy atom. The van der Waals surface area contributed by atoms with Crippen LogP contribution in [0.3, 0.4) is 0 Å². The number of hydrogen-bond acceptors (Lipinski definition) is 4. The van der Waals surface area contributed by atoms with Crippen LogP contribution in [0, 0.1) is 0 Å². The normalized spacial score (nSPS) is 19.8. The quantitative estimate of drug-likeness (QED) is 0.671. The van der Waals surface area contributed by atoms with Crippen molar-refractivity contribution < 1.29 is 28.0 Å². The molecule has 8 heteroatoms. The third-order valence-electron chi connectivity index (χ3n) is 0.678. The molecule has 0 aliphatic rings. The van der Waals surface area contributed by atoms with E-state index < -0.39 is 15.2 Å². The minimum atomic E-state index is -3.15. The molecule has 2 N–H and O–H groups in total. The van der Waals surface area contributed by atoms with Crippen LogP contribution in [0.2, 0.25) is 0 Å². The summed E-state index contributed by atoms with van der Waals surface area (Å²) in [6.45, 7) is 2.26. The van der Waals surface area contributed by atoms with Crippen molar-refractivity contribution in [2.75, 3.05) is 27.5 Å². The van der Waals surface area contributed by atoms with E-state index in [2.05, 4.69) is 9.05 Å². The summed E-state index contributed by atoms with van der Waals surface area (Å²) in [4.78, 5) is 16.3. The predicted octanol–water partition coefficient (Wildman–Crippen LogP) is 0.896. The van der Waals surface area contributed by atoms with E-state index in [1.165, 1.54) is 14.2 Å². The monoisotopic (exact) mass is 220 g/mol. The number of rotatable bonds is 2. The highest BCUT2D eigenvalue weighted by Crippen LogP contribution is 2.34. The van der Waals surface area contributed by atoms with Crippen LogP contribution in [0.25, 0.3) is 0 Å². The lowest BCUT2D eigenvalue weighted by Crippen LogP contribution is -1.75.